The monoisotopic (exact) mass is 385 g/mol. The topological polar surface area (TPSA) is 51.2 Å². The molecule has 1 aromatic carbocycles. The van der Waals surface area contributed by atoms with Gasteiger partial charge < -0.3 is 19.3 Å². The number of nitrogens with zero attached hydrogens (tertiary/aromatic N) is 1. The number of rotatable bonds is 7. The van der Waals surface area contributed by atoms with Gasteiger partial charge in [0.05, 0.1) is 26.9 Å². The maximum Gasteiger partial charge on any atom is 0.160 e. The number of halogens is 1. The molecule has 1 aromatic rings. The van der Waals surface area contributed by atoms with Gasteiger partial charge in [0.1, 0.15) is 6.23 Å². The molecule has 3 rings (SSSR count). The molecule has 1 saturated heterocycles. The van der Waals surface area contributed by atoms with Gasteiger partial charge in [0.15, 0.2) is 11.5 Å². The Balaban J connectivity index is 0.00000243. The standard InChI is InChI=1S/C20H31NO4.ClH/c1-23-18-10-9-15(14-19(18)24-2)11-13-25-17-7-4-3-6-16(17)21-12-5-8-20(21)22;/h9-10,14,16-17,20,22H,3-8,11-13H2,1-2H3;1H/t16-,17-,20?;/m1./s1. The molecule has 0 radical (unpaired) electrons. The van der Waals surface area contributed by atoms with E-state index in [4.69, 9.17) is 14.2 Å². The van der Waals surface area contributed by atoms with Crippen molar-refractivity contribution in [3.63, 3.8) is 0 Å². The Bertz CT molecular complexity index is 557. The third-order valence-corrected chi connectivity index (χ3v) is 5.53. The Labute approximate surface area is 163 Å². The highest BCUT2D eigenvalue weighted by atomic mass is 35.5. The van der Waals surface area contributed by atoms with Gasteiger partial charge >= 0.3 is 0 Å². The molecule has 0 amide bonds. The van der Waals surface area contributed by atoms with Gasteiger partial charge in [-0.3, -0.25) is 4.90 Å². The average molecular weight is 386 g/mol. The van der Waals surface area contributed by atoms with Crippen LogP contribution >= 0.6 is 12.4 Å². The summed E-state index contributed by atoms with van der Waals surface area (Å²) in [7, 11) is 3.31. The average Bonchev–Trinajstić information content (AvgIpc) is 3.07. The van der Waals surface area contributed by atoms with Crippen LogP contribution in [-0.4, -0.2) is 55.8 Å². The highest BCUT2D eigenvalue weighted by molar-refractivity contribution is 5.85. The van der Waals surface area contributed by atoms with Crippen molar-refractivity contribution >= 4 is 12.4 Å². The molecule has 26 heavy (non-hydrogen) atoms. The first-order valence-corrected chi connectivity index (χ1v) is 9.49. The van der Waals surface area contributed by atoms with Crippen molar-refractivity contribution in [3.8, 4) is 11.5 Å². The van der Waals surface area contributed by atoms with E-state index in [0.717, 1.165) is 50.1 Å². The molecular formula is C20H32ClNO4. The van der Waals surface area contributed by atoms with Crippen molar-refractivity contribution in [3.05, 3.63) is 23.8 Å². The predicted octanol–water partition coefficient (Wildman–Crippen LogP) is 3.41. The molecule has 148 valence electrons. The van der Waals surface area contributed by atoms with Crippen LogP contribution in [-0.2, 0) is 11.2 Å². The summed E-state index contributed by atoms with van der Waals surface area (Å²) in [6.07, 6.45) is 7.50. The second-order valence-corrected chi connectivity index (χ2v) is 7.06. The SMILES string of the molecule is COc1ccc(CCO[C@@H]2CCCC[C@H]2N2CCCC2O)cc1OC.Cl. The van der Waals surface area contributed by atoms with E-state index in [1.165, 1.54) is 18.4 Å². The molecule has 1 unspecified atom stereocenters. The Morgan fingerprint density at radius 2 is 1.81 bits per heavy atom. The first-order chi connectivity index (χ1) is 12.2. The Morgan fingerprint density at radius 1 is 1.04 bits per heavy atom. The second-order valence-electron chi connectivity index (χ2n) is 7.06. The van der Waals surface area contributed by atoms with Crippen molar-refractivity contribution in [2.24, 2.45) is 0 Å². The fourth-order valence-corrected chi connectivity index (χ4v) is 4.17. The van der Waals surface area contributed by atoms with Crippen LogP contribution in [0.25, 0.3) is 0 Å². The van der Waals surface area contributed by atoms with Crippen LogP contribution in [0.5, 0.6) is 11.5 Å². The van der Waals surface area contributed by atoms with Crippen LogP contribution in [0.1, 0.15) is 44.1 Å². The molecular weight excluding hydrogens is 354 g/mol. The van der Waals surface area contributed by atoms with Gasteiger partial charge in [-0.05, 0) is 49.8 Å². The Kier molecular flexibility index (Phi) is 8.48. The first-order valence-electron chi connectivity index (χ1n) is 9.49. The van der Waals surface area contributed by atoms with Crippen molar-refractivity contribution in [1.82, 2.24) is 4.90 Å². The zero-order chi connectivity index (χ0) is 17.6. The van der Waals surface area contributed by atoms with E-state index in [0.29, 0.717) is 12.6 Å². The van der Waals surface area contributed by atoms with Gasteiger partial charge in [-0.2, -0.15) is 0 Å². The van der Waals surface area contributed by atoms with Crippen LogP contribution in [0.4, 0.5) is 0 Å². The second kappa shape index (κ2) is 10.4. The lowest BCUT2D eigenvalue weighted by Crippen LogP contribution is -2.48. The molecule has 1 aliphatic carbocycles. The minimum absolute atomic E-state index is 0. The summed E-state index contributed by atoms with van der Waals surface area (Å²) >= 11 is 0. The van der Waals surface area contributed by atoms with Crippen LogP contribution in [0.2, 0.25) is 0 Å². The summed E-state index contributed by atoms with van der Waals surface area (Å²) in [5.74, 6) is 1.51. The summed E-state index contributed by atoms with van der Waals surface area (Å²) in [6.45, 7) is 1.70. The van der Waals surface area contributed by atoms with E-state index >= 15 is 0 Å². The minimum Gasteiger partial charge on any atom is -0.493 e. The van der Waals surface area contributed by atoms with E-state index in [-0.39, 0.29) is 24.7 Å². The molecule has 0 spiro atoms. The maximum absolute atomic E-state index is 10.2. The Hall–Kier alpha value is -1.01. The molecule has 6 heteroatoms. The minimum atomic E-state index is -0.278. The molecule has 1 heterocycles. The fraction of sp³-hybridized carbons (Fsp3) is 0.700. The van der Waals surface area contributed by atoms with Crippen LogP contribution in [0.3, 0.4) is 0 Å². The fourth-order valence-electron chi connectivity index (χ4n) is 4.17. The summed E-state index contributed by atoms with van der Waals surface area (Å²) < 4.78 is 16.9. The van der Waals surface area contributed by atoms with E-state index in [9.17, 15) is 5.11 Å². The lowest BCUT2D eigenvalue weighted by molar-refractivity contribution is -0.0775. The maximum atomic E-state index is 10.2. The van der Waals surface area contributed by atoms with Crippen molar-refractivity contribution in [2.45, 2.75) is 63.3 Å². The van der Waals surface area contributed by atoms with Gasteiger partial charge in [0, 0.05) is 12.6 Å². The van der Waals surface area contributed by atoms with Gasteiger partial charge in [-0.1, -0.05) is 18.9 Å². The largest absolute Gasteiger partial charge is 0.493 e. The number of methoxy groups -OCH3 is 2. The molecule has 1 saturated carbocycles. The number of benzene rings is 1. The lowest BCUT2D eigenvalue weighted by Gasteiger charge is -2.39. The van der Waals surface area contributed by atoms with E-state index < -0.39 is 0 Å². The molecule has 2 aliphatic rings. The van der Waals surface area contributed by atoms with E-state index in [2.05, 4.69) is 11.0 Å². The number of hydrogen-bond acceptors (Lipinski definition) is 5. The van der Waals surface area contributed by atoms with Gasteiger partial charge in [0.25, 0.3) is 0 Å². The molecule has 1 N–H and O–H groups in total. The normalized spacial score (nSPS) is 26.3. The number of hydrogen-bond donors (Lipinski definition) is 1. The predicted molar refractivity (Wildman–Crippen MR) is 104 cm³/mol. The zero-order valence-corrected chi connectivity index (χ0v) is 16.7. The smallest absolute Gasteiger partial charge is 0.160 e. The molecule has 1 aliphatic heterocycles. The summed E-state index contributed by atoms with van der Waals surface area (Å²) in [4.78, 5) is 2.26. The summed E-state index contributed by atoms with van der Waals surface area (Å²) in [5.41, 5.74) is 1.19. The van der Waals surface area contributed by atoms with Crippen LogP contribution in [0, 0.1) is 0 Å². The molecule has 3 atom stereocenters. The number of ether oxygens (including phenoxy) is 3. The molecule has 5 nitrogen and oxygen atoms in total. The van der Waals surface area contributed by atoms with Gasteiger partial charge in [-0.25, -0.2) is 0 Å². The summed E-state index contributed by atoms with van der Waals surface area (Å²) in [6, 6.07) is 6.40. The van der Waals surface area contributed by atoms with Crippen molar-refractivity contribution < 1.29 is 19.3 Å². The van der Waals surface area contributed by atoms with Crippen LogP contribution in [0.15, 0.2) is 18.2 Å². The number of likely N-dealkylation sites (tertiary alicyclic amines) is 1. The highest BCUT2D eigenvalue weighted by Gasteiger charge is 2.36. The third-order valence-electron chi connectivity index (χ3n) is 5.53. The summed E-state index contributed by atoms with van der Waals surface area (Å²) in [5, 5.41) is 10.2. The van der Waals surface area contributed by atoms with Crippen molar-refractivity contribution in [2.75, 3.05) is 27.4 Å². The van der Waals surface area contributed by atoms with Gasteiger partial charge in [-0.15, -0.1) is 12.4 Å². The Morgan fingerprint density at radius 3 is 2.50 bits per heavy atom. The number of aliphatic hydroxyl groups is 1. The number of aliphatic hydroxyl groups excluding tert-OH is 1. The third kappa shape index (κ3) is 5.03. The quantitative estimate of drug-likeness (QED) is 0.779. The molecule has 0 aromatic heterocycles. The molecule has 0 bridgehead atoms. The highest BCUT2D eigenvalue weighted by Crippen LogP contribution is 2.31. The van der Waals surface area contributed by atoms with Crippen LogP contribution < -0.4 is 9.47 Å². The molecule has 2 fully saturated rings. The first kappa shape index (κ1) is 21.3. The van der Waals surface area contributed by atoms with Gasteiger partial charge in [0.2, 0.25) is 0 Å². The lowest BCUT2D eigenvalue weighted by atomic mass is 9.91. The van der Waals surface area contributed by atoms with E-state index in [1.807, 2.05) is 12.1 Å². The van der Waals surface area contributed by atoms with Crippen molar-refractivity contribution in [1.29, 1.82) is 0 Å². The zero-order valence-electron chi connectivity index (χ0n) is 15.9. The van der Waals surface area contributed by atoms with E-state index in [1.54, 1.807) is 14.2 Å².